The summed E-state index contributed by atoms with van der Waals surface area (Å²) in [6, 6.07) is 10.5. The Morgan fingerprint density at radius 1 is 1.18 bits per heavy atom. The number of hydrogen-bond donors (Lipinski definition) is 0. The zero-order valence-corrected chi connectivity index (χ0v) is 21.0. The number of likely N-dealkylation sites (tertiary alicyclic amines) is 1. The van der Waals surface area contributed by atoms with Crippen LogP contribution in [-0.2, 0) is 4.74 Å². The van der Waals surface area contributed by atoms with E-state index in [1.165, 1.54) is 17.0 Å². The smallest absolute Gasteiger partial charge is 0.410 e. The first kappa shape index (κ1) is 25.8. The van der Waals surface area contributed by atoms with Gasteiger partial charge in [-0.2, -0.15) is 5.26 Å². The summed E-state index contributed by atoms with van der Waals surface area (Å²) in [5, 5.41) is 9.73. The van der Waals surface area contributed by atoms with E-state index < -0.39 is 23.4 Å². The third kappa shape index (κ3) is 5.81. The lowest BCUT2D eigenvalue weighted by Crippen LogP contribution is -2.52. The highest BCUT2D eigenvalue weighted by molar-refractivity contribution is 6.42. The van der Waals surface area contributed by atoms with Crippen LogP contribution < -0.4 is 0 Å². The molecule has 0 aliphatic carbocycles. The largest absolute Gasteiger partial charge is 0.444 e. The molecule has 1 aliphatic heterocycles. The van der Waals surface area contributed by atoms with Crippen molar-refractivity contribution in [2.75, 3.05) is 20.1 Å². The van der Waals surface area contributed by atoms with Crippen LogP contribution in [0.1, 0.15) is 54.6 Å². The number of halogens is 3. The minimum atomic E-state index is -0.756. The first-order valence-corrected chi connectivity index (χ1v) is 11.6. The quantitative estimate of drug-likeness (QED) is 0.522. The van der Waals surface area contributed by atoms with Gasteiger partial charge in [-0.25, -0.2) is 9.18 Å². The number of piperidine rings is 1. The van der Waals surface area contributed by atoms with Crippen LogP contribution in [0.25, 0.3) is 0 Å². The Labute approximate surface area is 208 Å². The molecule has 34 heavy (non-hydrogen) atoms. The Hall–Kier alpha value is -2.82. The van der Waals surface area contributed by atoms with E-state index in [2.05, 4.69) is 0 Å². The van der Waals surface area contributed by atoms with Crippen LogP contribution in [0.4, 0.5) is 9.18 Å². The van der Waals surface area contributed by atoms with Crippen LogP contribution in [0.2, 0.25) is 10.0 Å². The van der Waals surface area contributed by atoms with Gasteiger partial charge in [-0.15, -0.1) is 0 Å². The lowest BCUT2D eigenvalue weighted by molar-refractivity contribution is 0.0124. The fourth-order valence-corrected chi connectivity index (χ4v) is 4.37. The summed E-state index contributed by atoms with van der Waals surface area (Å²) in [6.45, 7) is 6.04. The highest BCUT2D eigenvalue weighted by atomic mass is 35.5. The number of nitrogens with zero attached hydrogens (tertiary/aromatic N) is 3. The number of benzene rings is 2. The van der Waals surface area contributed by atoms with E-state index in [1.54, 1.807) is 44.9 Å². The van der Waals surface area contributed by atoms with Gasteiger partial charge in [0.1, 0.15) is 11.4 Å². The first-order valence-electron chi connectivity index (χ1n) is 10.8. The van der Waals surface area contributed by atoms with Gasteiger partial charge in [0, 0.05) is 32.1 Å². The van der Waals surface area contributed by atoms with Crippen molar-refractivity contribution in [1.29, 1.82) is 5.26 Å². The number of carbonyl (C=O) groups is 2. The van der Waals surface area contributed by atoms with Crippen LogP contribution >= 0.6 is 23.2 Å². The van der Waals surface area contributed by atoms with Crippen molar-refractivity contribution < 1.29 is 18.7 Å². The van der Waals surface area contributed by atoms with E-state index >= 15 is 0 Å². The molecule has 1 saturated heterocycles. The fourth-order valence-electron chi connectivity index (χ4n) is 4.06. The Bertz CT molecular complexity index is 1140. The van der Waals surface area contributed by atoms with Gasteiger partial charge in [-0.1, -0.05) is 29.3 Å². The average molecular weight is 506 g/mol. The predicted molar refractivity (Wildman–Crippen MR) is 129 cm³/mol. The maximum absolute atomic E-state index is 14.6. The summed E-state index contributed by atoms with van der Waals surface area (Å²) in [6.07, 6.45) is 0.00715. The lowest BCUT2D eigenvalue weighted by atomic mass is 9.85. The zero-order valence-electron chi connectivity index (χ0n) is 19.4. The van der Waals surface area contributed by atoms with E-state index in [-0.39, 0.29) is 29.6 Å². The van der Waals surface area contributed by atoms with Crippen molar-refractivity contribution in [3.8, 4) is 6.07 Å². The standard InChI is InChI=1S/C25H26Cl2FN3O3/c1-25(2,3)34-24(33)31-10-9-22(18(14-31)16-6-8-19(26)20(27)12-16)30(4)23(32)17-7-5-15(13-29)11-21(17)28/h5-8,11-12,18,22H,9-10,14H2,1-4H3/t18-,22+/m0/s1. The predicted octanol–water partition coefficient (Wildman–Crippen LogP) is 5.87. The molecule has 6 nitrogen and oxygen atoms in total. The topological polar surface area (TPSA) is 73.6 Å². The van der Waals surface area contributed by atoms with Crippen LogP contribution in [0, 0.1) is 17.1 Å². The molecule has 2 atom stereocenters. The molecule has 2 amide bonds. The number of nitriles is 1. The van der Waals surface area contributed by atoms with Gasteiger partial charge in [0.25, 0.3) is 5.91 Å². The maximum atomic E-state index is 14.6. The zero-order chi connectivity index (χ0) is 25.2. The fraction of sp³-hybridized carbons (Fsp3) is 0.400. The number of likely N-dealkylation sites (N-methyl/N-ethyl adjacent to an activating group) is 1. The molecule has 0 radical (unpaired) electrons. The summed E-state index contributed by atoms with van der Waals surface area (Å²) in [4.78, 5) is 29.1. The number of ether oxygens (including phenoxy) is 1. The Morgan fingerprint density at radius 3 is 2.47 bits per heavy atom. The molecule has 1 aliphatic rings. The van der Waals surface area contributed by atoms with Gasteiger partial charge in [-0.05, 0) is 63.1 Å². The SMILES string of the molecule is CN(C(=O)c1ccc(C#N)cc1F)[C@@H]1CCN(C(=O)OC(C)(C)C)C[C@H]1c1ccc(Cl)c(Cl)c1. The van der Waals surface area contributed by atoms with Crippen molar-refractivity contribution in [3.63, 3.8) is 0 Å². The lowest BCUT2D eigenvalue weighted by Gasteiger charge is -2.43. The van der Waals surface area contributed by atoms with E-state index in [9.17, 15) is 14.0 Å². The summed E-state index contributed by atoms with van der Waals surface area (Å²) >= 11 is 12.4. The monoisotopic (exact) mass is 505 g/mol. The minimum Gasteiger partial charge on any atom is -0.444 e. The van der Waals surface area contributed by atoms with Crippen LogP contribution in [0.5, 0.6) is 0 Å². The first-order chi connectivity index (χ1) is 15.9. The van der Waals surface area contributed by atoms with Crippen molar-refractivity contribution in [2.45, 2.75) is 44.8 Å². The third-order valence-electron chi connectivity index (χ3n) is 5.75. The van der Waals surface area contributed by atoms with Crippen molar-refractivity contribution in [1.82, 2.24) is 9.80 Å². The second-order valence-corrected chi connectivity index (χ2v) is 10.1. The van der Waals surface area contributed by atoms with Gasteiger partial charge >= 0.3 is 6.09 Å². The summed E-state index contributed by atoms with van der Waals surface area (Å²) in [7, 11) is 1.61. The molecule has 2 aromatic rings. The number of carbonyl (C=O) groups excluding carboxylic acids is 2. The second-order valence-electron chi connectivity index (χ2n) is 9.28. The molecule has 0 saturated carbocycles. The molecule has 2 aromatic carbocycles. The van der Waals surface area contributed by atoms with E-state index in [0.717, 1.165) is 11.6 Å². The van der Waals surface area contributed by atoms with Gasteiger partial charge in [0.15, 0.2) is 0 Å². The number of rotatable bonds is 3. The second kappa shape index (κ2) is 10.2. The van der Waals surface area contributed by atoms with Crippen LogP contribution in [0.3, 0.4) is 0 Å². The van der Waals surface area contributed by atoms with Gasteiger partial charge in [-0.3, -0.25) is 4.79 Å². The maximum Gasteiger partial charge on any atom is 0.410 e. The van der Waals surface area contributed by atoms with E-state index in [1.807, 2.05) is 12.1 Å². The normalized spacial score (nSPS) is 18.2. The highest BCUT2D eigenvalue weighted by Crippen LogP contribution is 2.35. The van der Waals surface area contributed by atoms with Crippen LogP contribution in [-0.4, -0.2) is 53.6 Å². The van der Waals surface area contributed by atoms with E-state index in [0.29, 0.717) is 23.0 Å². The Morgan fingerprint density at radius 2 is 1.88 bits per heavy atom. The molecule has 9 heteroatoms. The Kier molecular flexibility index (Phi) is 7.74. The Balaban J connectivity index is 1.92. The van der Waals surface area contributed by atoms with Crippen molar-refractivity contribution >= 4 is 35.2 Å². The molecule has 0 spiro atoms. The molecular weight excluding hydrogens is 480 g/mol. The van der Waals surface area contributed by atoms with E-state index in [4.69, 9.17) is 33.2 Å². The molecule has 1 fully saturated rings. The molecule has 0 aromatic heterocycles. The van der Waals surface area contributed by atoms with Gasteiger partial charge in [0.05, 0.1) is 27.2 Å². The summed E-state index contributed by atoms with van der Waals surface area (Å²) in [5.74, 6) is -1.58. The number of amides is 2. The molecule has 0 unspecified atom stereocenters. The van der Waals surface area contributed by atoms with Gasteiger partial charge < -0.3 is 14.5 Å². The third-order valence-corrected chi connectivity index (χ3v) is 6.49. The molecule has 1 heterocycles. The summed E-state index contributed by atoms with van der Waals surface area (Å²) in [5.41, 5.74) is 0.167. The highest BCUT2D eigenvalue weighted by Gasteiger charge is 2.38. The summed E-state index contributed by atoms with van der Waals surface area (Å²) < 4.78 is 20.1. The average Bonchev–Trinajstić information content (AvgIpc) is 2.78. The number of hydrogen-bond acceptors (Lipinski definition) is 4. The molecule has 0 bridgehead atoms. The minimum absolute atomic E-state index is 0.121. The van der Waals surface area contributed by atoms with Crippen LogP contribution in [0.15, 0.2) is 36.4 Å². The molecule has 180 valence electrons. The van der Waals surface area contributed by atoms with Crippen molar-refractivity contribution in [2.24, 2.45) is 0 Å². The molecule has 0 N–H and O–H groups in total. The molecule has 3 rings (SSSR count). The van der Waals surface area contributed by atoms with Gasteiger partial charge in [0.2, 0.25) is 0 Å². The van der Waals surface area contributed by atoms with Crippen molar-refractivity contribution in [3.05, 3.63) is 69.0 Å². The molecular formula is C25H26Cl2FN3O3.